The molecular weight excluding hydrogens is 347 g/mol. The molecule has 0 aliphatic rings. The van der Waals surface area contributed by atoms with Crippen molar-refractivity contribution < 1.29 is 22.2 Å². The minimum Gasteiger partial charge on any atom is -0.368 e. The molecule has 2 aromatic rings. The number of amides is 1. The van der Waals surface area contributed by atoms with Crippen LogP contribution in [0.3, 0.4) is 0 Å². The fourth-order valence-electron chi connectivity index (χ4n) is 1.83. The molecule has 1 atom stereocenters. The van der Waals surface area contributed by atoms with Gasteiger partial charge in [-0.05, 0) is 35.7 Å². The van der Waals surface area contributed by atoms with Crippen molar-refractivity contribution in [3.8, 4) is 11.1 Å². The van der Waals surface area contributed by atoms with Crippen LogP contribution in [0.15, 0.2) is 48.5 Å². The van der Waals surface area contributed by atoms with Gasteiger partial charge in [-0.3, -0.25) is 9.35 Å². The maximum Gasteiger partial charge on any atom is 0.261 e. The van der Waals surface area contributed by atoms with Gasteiger partial charge in [-0.25, -0.2) is 4.39 Å². The monoisotopic (exact) mass is 368 g/mol. The van der Waals surface area contributed by atoms with E-state index in [0.717, 1.165) is 16.7 Å². The summed E-state index contributed by atoms with van der Waals surface area (Å²) in [5.74, 6) is -0.608. The fraction of sp³-hybridized carbons (Fsp3) is 0.235. The Bertz CT molecular complexity index is 782. The average Bonchev–Trinajstić information content (AvgIpc) is 2.52. The summed E-state index contributed by atoms with van der Waals surface area (Å²) in [6, 6.07) is 13.9. The summed E-state index contributed by atoms with van der Waals surface area (Å²) in [6.45, 7) is 2.31. The normalized spacial score (nSPS) is 12.0. The Morgan fingerprint density at radius 3 is 1.92 bits per heavy atom. The fourth-order valence-corrected chi connectivity index (χ4v) is 1.83. The molecule has 2 rings (SSSR count). The van der Waals surface area contributed by atoms with Gasteiger partial charge in [0.25, 0.3) is 10.1 Å². The highest BCUT2D eigenvalue weighted by molar-refractivity contribution is 7.85. The Balaban J connectivity index is 0.000000550. The summed E-state index contributed by atoms with van der Waals surface area (Å²) in [5, 5.41) is 3.04. The number of nitrogens with two attached hydrogens (primary N) is 1. The molecular formula is C17H21FN2O4S. The summed E-state index contributed by atoms with van der Waals surface area (Å²) < 4.78 is 38.7. The predicted molar refractivity (Wildman–Crippen MR) is 94.8 cm³/mol. The quantitative estimate of drug-likeness (QED) is 0.699. The van der Waals surface area contributed by atoms with Crippen LogP contribution < -0.4 is 11.1 Å². The number of rotatable bonds is 5. The van der Waals surface area contributed by atoms with Crippen molar-refractivity contribution in [3.63, 3.8) is 0 Å². The number of nitrogens with one attached hydrogen (secondary N) is 1. The van der Waals surface area contributed by atoms with E-state index >= 15 is 0 Å². The number of carbonyl (C=O) groups excluding carboxylic acids is 1. The Kier molecular flexibility index (Phi) is 7.69. The molecule has 0 heterocycles. The van der Waals surface area contributed by atoms with E-state index in [0.29, 0.717) is 12.8 Å². The van der Waals surface area contributed by atoms with Gasteiger partial charge in [-0.2, -0.15) is 8.42 Å². The molecule has 0 spiro atoms. The van der Waals surface area contributed by atoms with Crippen LogP contribution in [0, 0.1) is 5.82 Å². The third kappa shape index (κ3) is 8.94. The Morgan fingerprint density at radius 2 is 1.52 bits per heavy atom. The maximum atomic E-state index is 12.9. The first-order chi connectivity index (χ1) is 11.6. The van der Waals surface area contributed by atoms with E-state index in [1.807, 2.05) is 24.3 Å². The molecule has 1 unspecified atom stereocenters. The van der Waals surface area contributed by atoms with Crippen LogP contribution >= 0.6 is 0 Å². The summed E-state index contributed by atoms with van der Waals surface area (Å²) >= 11 is 0. The van der Waals surface area contributed by atoms with Crippen LogP contribution in [-0.2, 0) is 21.5 Å². The average molecular weight is 368 g/mol. The minimum atomic E-state index is -3.67. The number of benzene rings is 2. The standard InChI is InChI=1S/C16H17FN2O.CH4O3S/c1-11(16(18)20)19-10-12-2-4-13(5-3-12)14-6-8-15(17)9-7-14;1-5(2,3)4/h2-9,11,19H,10H2,1H3,(H2,18,20);1H3,(H,2,3,4). The molecule has 4 N–H and O–H groups in total. The number of hydrogen-bond donors (Lipinski definition) is 3. The third-order valence-corrected chi connectivity index (χ3v) is 3.17. The summed E-state index contributed by atoms with van der Waals surface area (Å²) in [6.07, 6.45) is 0.715. The van der Waals surface area contributed by atoms with Crippen molar-refractivity contribution in [2.75, 3.05) is 6.26 Å². The molecule has 0 bridgehead atoms. The van der Waals surface area contributed by atoms with Gasteiger partial charge in [0.05, 0.1) is 12.3 Å². The molecule has 0 fully saturated rings. The van der Waals surface area contributed by atoms with E-state index < -0.39 is 10.1 Å². The van der Waals surface area contributed by atoms with Gasteiger partial charge >= 0.3 is 0 Å². The maximum absolute atomic E-state index is 12.9. The number of primary amides is 1. The van der Waals surface area contributed by atoms with Crippen molar-refractivity contribution in [1.29, 1.82) is 0 Å². The smallest absolute Gasteiger partial charge is 0.261 e. The van der Waals surface area contributed by atoms with Gasteiger partial charge in [0.1, 0.15) is 5.82 Å². The molecule has 136 valence electrons. The Hall–Kier alpha value is -2.29. The van der Waals surface area contributed by atoms with Gasteiger partial charge in [0, 0.05) is 6.54 Å². The van der Waals surface area contributed by atoms with E-state index in [-0.39, 0.29) is 17.8 Å². The van der Waals surface area contributed by atoms with Crippen molar-refractivity contribution in [2.24, 2.45) is 5.73 Å². The van der Waals surface area contributed by atoms with Crippen LogP contribution in [0.2, 0.25) is 0 Å². The highest BCUT2D eigenvalue weighted by Gasteiger charge is 2.07. The molecule has 8 heteroatoms. The first-order valence-electron chi connectivity index (χ1n) is 7.36. The van der Waals surface area contributed by atoms with E-state index in [9.17, 15) is 17.6 Å². The molecule has 25 heavy (non-hydrogen) atoms. The van der Waals surface area contributed by atoms with Crippen LogP contribution in [0.5, 0.6) is 0 Å². The summed E-state index contributed by atoms with van der Waals surface area (Å²) in [4.78, 5) is 10.9. The molecule has 0 saturated heterocycles. The van der Waals surface area contributed by atoms with Gasteiger partial charge in [-0.1, -0.05) is 36.4 Å². The van der Waals surface area contributed by atoms with Crippen molar-refractivity contribution >= 4 is 16.0 Å². The van der Waals surface area contributed by atoms with E-state index in [4.69, 9.17) is 10.3 Å². The topological polar surface area (TPSA) is 109 Å². The van der Waals surface area contributed by atoms with E-state index in [1.54, 1.807) is 19.1 Å². The zero-order valence-electron chi connectivity index (χ0n) is 13.9. The van der Waals surface area contributed by atoms with Crippen LogP contribution in [0.1, 0.15) is 12.5 Å². The number of carbonyl (C=O) groups is 1. The van der Waals surface area contributed by atoms with Crippen LogP contribution in [0.25, 0.3) is 11.1 Å². The lowest BCUT2D eigenvalue weighted by Gasteiger charge is -2.10. The zero-order chi connectivity index (χ0) is 19.0. The first-order valence-corrected chi connectivity index (χ1v) is 9.21. The second-order valence-corrected chi connectivity index (χ2v) is 6.91. The highest BCUT2D eigenvalue weighted by Crippen LogP contribution is 2.20. The predicted octanol–water partition coefficient (Wildman–Crippen LogP) is 1.96. The van der Waals surface area contributed by atoms with Gasteiger partial charge < -0.3 is 11.1 Å². The van der Waals surface area contributed by atoms with Crippen molar-refractivity contribution in [1.82, 2.24) is 5.32 Å². The molecule has 0 aliphatic carbocycles. The van der Waals surface area contributed by atoms with Crippen LogP contribution in [-0.4, -0.2) is 31.2 Å². The van der Waals surface area contributed by atoms with Gasteiger partial charge in [0.15, 0.2) is 0 Å². The number of hydrogen-bond acceptors (Lipinski definition) is 4. The van der Waals surface area contributed by atoms with Crippen molar-refractivity contribution in [2.45, 2.75) is 19.5 Å². The minimum absolute atomic E-state index is 0.241. The van der Waals surface area contributed by atoms with Crippen molar-refractivity contribution in [3.05, 3.63) is 59.9 Å². The summed E-state index contributed by atoms with van der Waals surface area (Å²) in [5.41, 5.74) is 8.23. The Labute approximate surface area is 146 Å². The molecule has 0 saturated carbocycles. The second kappa shape index (κ2) is 9.26. The third-order valence-electron chi connectivity index (χ3n) is 3.17. The molecule has 1 amide bonds. The molecule has 0 radical (unpaired) electrons. The highest BCUT2D eigenvalue weighted by atomic mass is 32.2. The lowest BCUT2D eigenvalue weighted by atomic mass is 10.0. The van der Waals surface area contributed by atoms with Gasteiger partial charge in [0.2, 0.25) is 5.91 Å². The van der Waals surface area contributed by atoms with E-state index in [2.05, 4.69) is 5.32 Å². The van der Waals surface area contributed by atoms with Crippen LogP contribution in [0.4, 0.5) is 4.39 Å². The summed E-state index contributed by atoms with van der Waals surface area (Å²) in [7, 11) is -3.67. The second-order valence-electron chi connectivity index (χ2n) is 5.44. The number of halogens is 1. The van der Waals surface area contributed by atoms with Gasteiger partial charge in [-0.15, -0.1) is 0 Å². The van der Waals surface area contributed by atoms with E-state index in [1.165, 1.54) is 12.1 Å². The molecule has 2 aromatic carbocycles. The molecule has 0 aliphatic heterocycles. The largest absolute Gasteiger partial charge is 0.368 e. The Morgan fingerprint density at radius 1 is 1.12 bits per heavy atom. The lowest BCUT2D eigenvalue weighted by molar-refractivity contribution is -0.119. The molecule has 6 nitrogen and oxygen atoms in total. The molecule has 0 aromatic heterocycles. The SMILES string of the molecule is CC(NCc1ccc(-c2ccc(F)cc2)cc1)C(N)=O.CS(=O)(=O)O. The lowest BCUT2D eigenvalue weighted by Crippen LogP contribution is -2.38. The first kappa shape index (κ1) is 20.8. The zero-order valence-corrected chi connectivity index (χ0v) is 14.8.